The van der Waals surface area contributed by atoms with Gasteiger partial charge in [0.25, 0.3) is 0 Å². The van der Waals surface area contributed by atoms with Crippen LogP contribution in [0.5, 0.6) is 0 Å². The molecule has 0 radical (unpaired) electrons. The van der Waals surface area contributed by atoms with Crippen molar-refractivity contribution in [2.24, 2.45) is 0 Å². The van der Waals surface area contributed by atoms with E-state index in [4.69, 9.17) is 0 Å². The van der Waals surface area contributed by atoms with Crippen molar-refractivity contribution < 1.29 is 0 Å². The molecule has 0 fully saturated rings. The molecule has 0 heterocycles. The van der Waals surface area contributed by atoms with E-state index in [2.05, 4.69) is 71.0 Å². The molecule has 0 amide bonds. The number of hydrogen-bond acceptors (Lipinski definition) is 0. The van der Waals surface area contributed by atoms with E-state index in [0.29, 0.717) is 5.92 Å². The van der Waals surface area contributed by atoms with Crippen LogP contribution in [0.3, 0.4) is 0 Å². The van der Waals surface area contributed by atoms with Crippen LogP contribution in [0.25, 0.3) is 0 Å². The second kappa shape index (κ2) is 15.3. The van der Waals surface area contributed by atoms with Crippen LogP contribution in [-0.2, 0) is 0 Å². The predicted molar refractivity (Wildman–Crippen MR) is 144 cm³/mol. The summed E-state index contributed by atoms with van der Waals surface area (Å²) in [5.74, 6) is 0.529. The summed E-state index contributed by atoms with van der Waals surface area (Å²) in [6.07, 6.45) is 19.7. The van der Waals surface area contributed by atoms with E-state index in [1.165, 1.54) is 123 Å². The summed E-state index contributed by atoms with van der Waals surface area (Å²) in [5, 5.41) is 0. The number of benzene rings is 2. The zero-order valence-corrected chi connectivity index (χ0v) is 21.9. The van der Waals surface area contributed by atoms with Crippen LogP contribution in [-0.4, -0.2) is 0 Å². The molecule has 0 aromatic heterocycles. The van der Waals surface area contributed by atoms with E-state index in [-0.39, 0.29) is 0 Å². The van der Waals surface area contributed by atoms with E-state index in [0.717, 1.165) is 0 Å². The Balaban J connectivity index is 1.74. The van der Waals surface area contributed by atoms with Gasteiger partial charge in [-0.1, -0.05) is 127 Å². The maximum absolute atomic E-state index is 2.43. The van der Waals surface area contributed by atoms with Gasteiger partial charge in [0.2, 0.25) is 0 Å². The summed E-state index contributed by atoms with van der Waals surface area (Å²) in [7, 11) is 0. The van der Waals surface area contributed by atoms with Gasteiger partial charge in [0, 0.05) is 5.92 Å². The van der Waals surface area contributed by atoms with Crippen molar-refractivity contribution in [3.8, 4) is 0 Å². The third-order valence-corrected chi connectivity index (χ3v) is 7.46. The molecule has 0 saturated heterocycles. The lowest BCUT2D eigenvalue weighted by Crippen LogP contribution is -2.03. The summed E-state index contributed by atoms with van der Waals surface area (Å²) in [6.45, 7) is 11.2. The molecule has 0 unspecified atom stereocenters. The molecule has 178 valence electrons. The van der Waals surface area contributed by atoms with Crippen LogP contribution in [0.4, 0.5) is 0 Å². The molecule has 32 heavy (non-hydrogen) atoms. The van der Waals surface area contributed by atoms with Gasteiger partial charge in [-0.25, -0.2) is 0 Å². The molecule has 0 atom stereocenters. The second-order valence-electron chi connectivity index (χ2n) is 10.3. The molecule has 2 aromatic carbocycles. The third-order valence-electron chi connectivity index (χ3n) is 7.46. The van der Waals surface area contributed by atoms with Gasteiger partial charge in [-0.05, 0) is 67.5 Å². The van der Waals surface area contributed by atoms with Gasteiger partial charge >= 0.3 is 0 Å². The molecule has 0 heteroatoms. The minimum atomic E-state index is 0.529. The van der Waals surface area contributed by atoms with Gasteiger partial charge in [-0.2, -0.15) is 0 Å². The summed E-state index contributed by atoms with van der Waals surface area (Å²) in [4.78, 5) is 0. The molecular formula is C32H50. The predicted octanol–water partition coefficient (Wildman–Crippen LogP) is 10.5. The maximum Gasteiger partial charge on any atom is 0.00895 e. The number of hydrogen-bond donors (Lipinski definition) is 0. The highest BCUT2D eigenvalue weighted by atomic mass is 14.2. The quantitative estimate of drug-likeness (QED) is 0.230. The number of unbranched alkanes of at least 4 members (excludes halogenated alkanes) is 12. The van der Waals surface area contributed by atoms with Gasteiger partial charge < -0.3 is 0 Å². The lowest BCUT2D eigenvalue weighted by atomic mass is 9.84. The Bertz CT molecular complexity index is 718. The zero-order chi connectivity index (χ0) is 23.2. The van der Waals surface area contributed by atoms with E-state index >= 15 is 0 Å². The first-order chi connectivity index (χ1) is 15.5. The Morgan fingerprint density at radius 3 is 1.22 bits per heavy atom. The van der Waals surface area contributed by atoms with Crippen molar-refractivity contribution >= 4 is 0 Å². The first kappa shape index (κ1) is 26.7. The lowest BCUT2D eigenvalue weighted by molar-refractivity contribution is 0.530. The largest absolute Gasteiger partial charge is 0.0654 e. The van der Waals surface area contributed by atoms with Gasteiger partial charge in [-0.15, -0.1) is 0 Å². The van der Waals surface area contributed by atoms with Crippen molar-refractivity contribution in [2.45, 2.75) is 130 Å². The monoisotopic (exact) mass is 434 g/mol. The summed E-state index contributed by atoms with van der Waals surface area (Å²) in [6, 6.07) is 14.2. The Morgan fingerprint density at radius 2 is 0.844 bits per heavy atom. The van der Waals surface area contributed by atoms with Crippen LogP contribution in [0.15, 0.2) is 36.4 Å². The molecule has 0 nitrogen and oxygen atoms in total. The SMILES string of the molecule is CCCCCCCCCCCCCCCC(c1ccc(C)c(C)c1)c1ccc(C)c(C)c1. The summed E-state index contributed by atoms with van der Waals surface area (Å²) in [5.41, 5.74) is 8.62. The standard InChI is InChI=1S/C32H50/c1-6-7-8-9-10-11-12-13-14-15-16-17-18-19-32(30-22-20-26(2)28(4)24-30)31-23-21-27(3)29(5)25-31/h20-25,32H,6-19H2,1-5H3. The average molecular weight is 435 g/mol. The minimum Gasteiger partial charge on any atom is -0.0654 e. The fourth-order valence-corrected chi connectivity index (χ4v) is 4.85. The average Bonchev–Trinajstić information content (AvgIpc) is 2.78. The van der Waals surface area contributed by atoms with E-state index < -0.39 is 0 Å². The van der Waals surface area contributed by atoms with E-state index in [9.17, 15) is 0 Å². The zero-order valence-electron chi connectivity index (χ0n) is 21.9. The highest BCUT2D eigenvalue weighted by Crippen LogP contribution is 2.32. The van der Waals surface area contributed by atoms with E-state index in [1.807, 2.05) is 0 Å². The molecular weight excluding hydrogens is 384 g/mol. The van der Waals surface area contributed by atoms with Gasteiger partial charge in [0.05, 0.1) is 0 Å². The van der Waals surface area contributed by atoms with Gasteiger partial charge in [0.15, 0.2) is 0 Å². The van der Waals surface area contributed by atoms with Gasteiger partial charge in [-0.3, -0.25) is 0 Å². The van der Waals surface area contributed by atoms with Gasteiger partial charge in [0.1, 0.15) is 0 Å². The molecule has 0 aliphatic carbocycles. The highest BCUT2D eigenvalue weighted by molar-refractivity contribution is 5.40. The molecule has 0 spiro atoms. The lowest BCUT2D eigenvalue weighted by Gasteiger charge is -2.20. The molecule has 0 bridgehead atoms. The van der Waals surface area contributed by atoms with Crippen molar-refractivity contribution in [3.05, 3.63) is 69.8 Å². The normalized spacial score (nSPS) is 11.4. The Labute approximate surface area is 200 Å². The van der Waals surface area contributed by atoms with Crippen molar-refractivity contribution in [1.82, 2.24) is 0 Å². The Morgan fingerprint density at radius 1 is 0.469 bits per heavy atom. The molecule has 0 saturated carbocycles. The summed E-state index contributed by atoms with van der Waals surface area (Å²) < 4.78 is 0. The number of aryl methyl sites for hydroxylation is 4. The molecule has 0 N–H and O–H groups in total. The second-order valence-corrected chi connectivity index (χ2v) is 10.3. The first-order valence-electron chi connectivity index (χ1n) is 13.7. The fraction of sp³-hybridized carbons (Fsp3) is 0.625. The topological polar surface area (TPSA) is 0 Å². The summed E-state index contributed by atoms with van der Waals surface area (Å²) >= 11 is 0. The van der Waals surface area contributed by atoms with Crippen LogP contribution in [0, 0.1) is 27.7 Å². The van der Waals surface area contributed by atoms with Crippen molar-refractivity contribution in [1.29, 1.82) is 0 Å². The van der Waals surface area contributed by atoms with Crippen LogP contribution < -0.4 is 0 Å². The number of rotatable bonds is 16. The molecule has 0 aliphatic rings. The first-order valence-corrected chi connectivity index (χ1v) is 13.7. The minimum absolute atomic E-state index is 0.529. The maximum atomic E-state index is 2.43. The smallest absolute Gasteiger partial charge is 0.00895 e. The highest BCUT2D eigenvalue weighted by Gasteiger charge is 2.15. The molecule has 2 rings (SSSR count). The third kappa shape index (κ3) is 9.51. The molecule has 0 aliphatic heterocycles. The van der Waals surface area contributed by atoms with E-state index in [1.54, 1.807) is 0 Å². The Kier molecular flexibility index (Phi) is 12.8. The van der Waals surface area contributed by atoms with Crippen molar-refractivity contribution in [2.75, 3.05) is 0 Å². The van der Waals surface area contributed by atoms with Crippen LogP contribution in [0.2, 0.25) is 0 Å². The van der Waals surface area contributed by atoms with Crippen LogP contribution in [0.1, 0.15) is 136 Å². The fourth-order valence-electron chi connectivity index (χ4n) is 4.85. The van der Waals surface area contributed by atoms with Crippen LogP contribution >= 0.6 is 0 Å². The van der Waals surface area contributed by atoms with Crippen molar-refractivity contribution in [3.63, 3.8) is 0 Å². The Hall–Kier alpha value is -1.56. The molecule has 2 aromatic rings.